The van der Waals surface area contributed by atoms with Crippen LogP contribution in [0, 0.1) is 0 Å². The monoisotopic (exact) mass is 282 g/mol. The summed E-state index contributed by atoms with van der Waals surface area (Å²) in [6.07, 6.45) is 0.424. The minimum absolute atomic E-state index is 0.189. The fraction of sp³-hybridized carbons (Fsp3) is 0.778. The molecule has 0 aromatic rings. The second-order valence-corrected chi connectivity index (χ2v) is 4.20. The molecule has 0 saturated carbocycles. The molecule has 8 heteroatoms. The van der Waals surface area contributed by atoms with Crippen molar-refractivity contribution >= 4 is 37.2 Å². The third kappa shape index (κ3) is 7.48. The second-order valence-electron chi connectivity index (χ2n) is 3.38. The maximum atomic E-state index is 10.8. The third-order valence-corrected chi connectivity index (χ3v) is 2.73. The van der Waals surface area contributed by atoms with Crippen LogP contribution in [0.3, 0.4) is 0 Å². The van der Waals surface area contributed by atoms with Gasteiger partial charge in [-0.2, -0.15) is 25.3 Å². The zero-order valence-electron chi connectivity index (χ0n) is 9.30. The topological polar surface area (TPSA) is 98.7 Å². The molecule has 4 N–H and O–H groups in total. The SMILES string of the molecule is O=C(O)[C@H](CS)NCCN[C@@H](CCS)C(=O)O. The van der Waals surface area contributed by atoms with E-state index in [2.05, 4.69) is 35.9 Å². The summed E-state index contributed by atoms with van der Waals surface area (Å²) in [5, 5.41) is 23.1. The van der Waals surface area contributed by atoms with E-state index in [0.717, 1.165) is 0 Å². The molecule has 2 atom stereocenters. The molecule has 0 bridgehead atoms. The van der Waals surface area contributed by atoms with Crippen LogP contribution in [0.15, 0.2) is 0 Å². The summed E-state index contributed by atoms with van der Waals surface area (Å²) in [5.74, 6) is -1.23. The molecule has 6 nitrogen and oxygen atoms in total. The van der Waals surface area contributed by atoms with Gasteiger partial charge in [0.05, 0.1) is 0 Å². The Morgan fingerprint density at radius 1 is 1.00 bits per heavy atom. The number of carbonyl (C=O) groups is 2. The quantitative estimate of drug-likeness (QED) is 0.235. The molecule has 0 unspecified atom stereocenters. The summed E-state index contributed by atoms with van der Waals surface area (Å²) < 4.78 is 0. The molecular formula is C9H18N2O4S2. The minimum atomic E-state index is -0.967. The van der Waals surface area contributed by atoms with Crippen LogP contribution >= 0.6 is 25.3 Å². The number of carboxylic acid groups (broad SMARTS) is 2. The second kappa shape index (κ2) is 9.58. The Morgan fingerprint density at radius 2 is 1.47 bits per heavy atom. The summed E-state index contributed by atoms with van der Waals surface area (Å²) in [5.41, 5.74) is 0. The van der Waals surface area contributed by atoms with Gasteiger partial charge >= 0.3 is 11.9 Å². The van der Waals surface area contributed by atoms with Crippen molar-refractivity contribution in [2.45, 2.75) is 18.5 Å². The van der Waals surface area contributed by atoms with Gasteiger partial charge in [-0.25, -0.2) is 0 Å². The molecule has 0 aromatic carbocycles. The molecule has 0 radical (unpaired) electrons. The number of hydrogen-bond acceptors (Lipinski definition) is 6. The smallest absolute Gasteiger partial charge is 0.321 e. The van der Waals surface area contributed by atoms with Gasteiger partial charge in [-0.1, -0.05) is 0 Å². The summed E-state index contributed by atoms with van der Waals surface area (Å²) in [7, 11) is 0. The lowest BCUT2D eigenvalue weighted by Gasteiger charge is -2.15. The molecule has 0 saturated heterocycles. The Hall–Kier alpha value is -0.440. The average Bonchev–Trinajstić information content (AvgIpc) is 2.26. The number of carboxylic acids is 2. The summed E-state index contributed by atoms with van der Waals surface area (Å²) >= 11 is 7.86. The largest absolute Gasteiger partial charge is 0.480 e. The number of rotatable bonds is 10. The van der Waals surface area contributed by atoms with Crippen LogP contribution in [-0.4, -0.2) is 58.8 Å². The van der Waals surface area contributed by atoms with Crippen LogP contribution in [0.1, 0.15) is 6.42 Å². The van der Waals surface area contributed by atoms with Crippen LogP contribution < -0.4 is 10.6 Å². The zero-order valence-corrected chi connectivity index (χ0v) is 11.1. The molecule has 100 valence electrons. The van der Waals surface area contributed by atoms with Gasteiger partial charge in [-0.15, -0.1) is 0 Å². The maximum absolute atomic E-state index is 10.8. The Labute approximate surface area is 111 Å². The third-order valence-electron chi connectivity index (χ3n) is 2.10. The molecule has 0 heterocycles. The Kier molecular flexibility index (Phi) is 9.33. The van der Waals surface area contributed by atoms with Crippen molar-refractivity contribution in [2.75, 3.05) is 24.6 Å². The standard InChI is InChI=1S/C9H18N2O4S2/c12-8(13)6(1-4-16)10-2-3-11-7(5-17)9(14)15/h6-7,10-11,16-17H,1-5H2,(H,12,13)(H,14,15)/t6-,7-/m0/s1. The van der Waals surface area contributed by atoms with E-state index in [4.69, 9.17) is 10.2 Å². The van der Waals surface area contributed by atoms with Crippen molar-refractivity contribution in [3.05, 3.63) is 0 Å². The lowest BCUT2D eigenvalue weighted by atomic mass is 10.2. The van der Waals surface area contributed by atoms with Gasteiger partial charge in [0.15, 0.2) is 0 Å². The first-order chi connectivity index (χ1) is 8.02. The molecule has 0 fully saturated rings. The van der Waals surface area contributed by atoms with E-state index in [9.17, 15) is 9.59 Å². The van der Waals surface area contributed by atoms with Gasteiger partial charge in [0.1, 0.15) is 12.1 Å². The predicted molar refractivity (Wildman–Crippen MR) is 71.2 cm³/mol. The van der Waals surface area contributed by atoms with Gasteiger partial charge in [-0.3, -0.25) is 9.59 Å². The van der Waals surface area contributed by atoms with Crippen LogP contribution in [0.5, 0.6) is 0 Å². The van der Waals surface area contributed by atoms with E-state index in [1.807, 2.05) is 0 Å². The van der Waals surface area contributed by atoms with Gasteiger partial charge in [0.25, 0.3) is 0 Å². The molecule has 0 amide bonds. The number of aliphatic carboxylic acids is 2. The fourth-order valence-corrected chi connectivity index (χ4v) is 1.71. The van der Waals surface area contributed by atoms with Crippen molar-refractivity contribution in [1.29, 1.82) is 0 Å². The maximum Gasteiger partial charge on any atom is 0.321 e. The van der Waals surface area contributed by atoms with Gasteiger partial charge in [0.2, 0.25) is 0 Å². The summed E-state index contributed by atoms with van der Waals surface area (Å²) in [6, 6.07) is -1.36. The van der Waals surface area contributed by atoms with Crippen LogP contribution in [0.4, 0.5) is 0 Å². The van der Waals surface area contributed by atoms with Crippen LogP contribution in [0.25, 0.3) is 0 Å². The molecule has 0 aliphatic heterocycles. The fourth-order valence-electron chi connectivity index (χ4n) is 1.16. The Balaban J connectivity index is 3.81. The number of nitrogens with one attached hydrogen (secondary N) is 2. The van der Waals surface area contributed by atoms with Gasteiger partial charge < -0.3 is 20.8 Å². The molecule has 17 heavy (non-hydrogen) atoms. The highest BCUT2D eigenvalue weighted by molar-refractivity contribution is 7.80. The predicted octanol–water partition coefficient (Wildman–Crippen LogP) is -0.678. The summed E-state index contributed by atoms with van der Waals surface area (Å²) in [4.78, 5) is 21.4. The Morgan fingerprint density at radius 3 is 1.82 bits per heavy atom. The molecule has 0 aliphatic carbocycles. The highest BCUT2D eigenvalue weighted by atomic mass is 32.1. The zero-order chi connectivity index (χ0) is 13.3. The highest BCUT2D eigenvalue weighted by Crippen LogP contribution is 1.94. The van der Waals surface area contributed by atoms with E-state index < -0.39 is 24.0 Å². The minimum Gasteiger partial charge on any atom is -0.480 e. The molecular weight excluding hydrogens is 264 g/mol. The molecule has 0 spiro atoms. The lowest BCUT2D eigenvalue weighted by Crippen LogP contribution is -2.45. The summed E-state index contributed by atoms with van der Waals surface area (Å²) in [6.45, 7) is 0.746. The lowest BCUT2D eigenvalue weighted by molar-refractivity contribution is -0.140. The molecule has 0 aromatic heterocycles. The number of thiol groups is 2. The van der Waals surface area contributed by atoms with Crippen LogP contribution in [-0.2, 0) is 9.59 Å². The van der Waals surface area contributed by atoms with Crippen molar-refractivity contribution in [3.8, 4) is 0 Å². The van der Waals surface area contributed by atoms with Gasteiger partial charge in [-0.05, 0) is 12.2 Å². The van der Waals surface area contributed by atoms with Crippen molar-refractivity contribution in [1.82, 2.24) is 10.6 Å². The van der Waals surface area contributed by atoms with E-state index in [0.29, 0.717) is 25.3 Å². The van der Waals surface area contributed by atoms with Gasteiger partial charge in [0, 0.05) is 18.8 Å². The normalized spacial score (nSPS) is 14.2. The van der Waals surface area contributed by atoms with E-state index in [-0.39, 0.29) is 5.75 Å². The highest BCUT2D eigenvalue weighted by Gasteiger charge is 2.16. The van der Waals surface area contributed by atoms with Crippen LogP contribution in [0.2, 0.25) is 0 Å². The number of hydrogen-bond donors (Lipinski definition) is 6. The Bertz CT molecular complexity index is 253. The van der Waals surface area contributed by atoms with Crippen molar-refractivity contribution in [3.63, 3.8) is 0 Å². The first-order valence-corrected chi connectivity index (χ1v) is 6.43. The van der Waals surface area contributed by atoms with E-state index in [1.165, 1.54) is 0 Å². The molecule has 0 aliphatic rings. The van der Waals surface area contributed by atoms with Crippen molar-refractivity contribution < 1.29 is 19.8 Å². The average molecular weight is 282 g/mol. The van der Waals surface area contributed by atoms with E-state index >= 15 is 0 Å². The van der Waals surface area contributed by atoms with Crippen molar-refractivity contribution in [2.24, 2.45) is 0 Å². The first-order valence-electron chi connectivity index (χ1n) is 5.17. The molecule has 0 rings (SSSR count). The van der Waals surface area contributed by atoms with E-state index in [1.54, 1.807) is 0 Å². The first kappa shape index (κ1) is 16.6.